The zero-order valence-electron chi connectivity index (χ0n) is 11.9. The maximum atomic E-state index is 5.89. The molecule has 0 unspecified atom stereocenters. The summed E-state index contributed by atoms with van der Waals surface area (Å²) in [6.07, 6.45) is 4.80. The van der Waals surface area contributed by atoms with E-state index in [2.05, 4.69) is 9.88 Å². The largest absolute Gasteiger partial charge is 0.490 e. The number of ether oxygens (including phenoxy) is 1. The molecule has 0 radical (unpaired) electrons. The number of likely N-dealkylation sites (tertiary alicyclic amines) is 1. The highest BCUT2D eigenvalue weighted by Gasteiger charge is 2.10. The van der Waals surface area contributed by atoms with E-state index in [1.54, 1.807) is 0 Å². The van der Waals surface area contributed by atoms with E-state index in [9.17, 15) is 0 Å². The molecule has 1 saturated heterocycles. The highest BCUT2D eigenvalue weighted by molar-refractivity contribution is 5.29. The van der Waals surface area contributed by atoms with Crippen molar-refractivity contribution in [2.24, 2.45) is 5.73 Å². The van der Waals surface area contributed by atoms with E-state index in [0.717, 1.165) is 36.7 Å². The summed E-state index contributed by atoms with van der Waals surface area (Å²) in [5.41, 5.74) is 7.63. The number of aromatic nitrogens is 1. The molecule has 4 nitrogen and oxygen atoms in total. The summed E-state index contributed by atoms with van der Waals surface area (Å²) in [6.45, 7) is 6.78. The quantitative estimate of drug-likeness (QED) is 0.849. The van der Waals surface area contributed by atoms with Crippen molar-refractivity contribution in [1.82, 2.24) is 9.88 Å². The van der Waals surface area contributed by atoms with Crippen molar-refractivity contribution < 1.29 is 4.74 Å². The molecule has 4 heteroatoms. The Morgan fingerprint density at radius 2 is 2.05 bits per heavy atom. The van der Waals surface area contributed by atoms with Gasteiger partial charge in [0.2, 0.25) is 0 Å². The third kappa shape index (κ3) is 4.48. The summed E-state index contributed by atoms with van der Waals surface area (Å²) in [5, 5.41) is 0. The van der Waals surface area contributed by atoms with Gasteiger partial charge in [0.1, 0.15) is 12.4 Å². The van der Waals surface area contributed by atoms with Crippen LogP contribution >= 0.6 is 0 Å². The molecule has 2 heterocycles. The highest BCUT2D eigenvalue weighted by atomic mass is 16.5. The molecular formula is C15H25N3O. The lowest BCUT2D eigenvalue weighted by atomic mass is 10.1. The summed E-state index contributed by atoms with van der Waals surface area (Å²) in [4.78, 5) is 6.99. The molecule has 0 spiro atoms. The van der Waals surface area contributed by atoms with Crippen molar-refractivity contribution in [1.29, 1.82) is 0 Å². The Morgan fingerprint density at radius 3 is 2.79 bits per heavy atom. The Hall–Kier alpha value is -1.13. The monoisotopic (exact) mass is 263 g/mol. The van der Waals surface area contributed by atoms with Gasteiger partial charge in [0.05, 0.1) is 5.69 Å². The first-order chi connectivity index (χ1) is 9.29. The van der Waals surface area contributed by atoms with Gasteiger partial charge in [-0.15, -0.1) is 0 Å². The number of piperidine rings is 1. The van der Waals surface area contributed by atoms with Crippen LogP contribution in [0.2, 0.25) is 0 Å². The minimum atomic E-state index is 0.610. The van der Waals surface area contributed by atoms with E-state index in [1.807, 2.05) is 19.1 Å². The molecule has 2 N–H and O–H groups in total. The first-order valence-corrected chi connectivity index (χ1v) is 7.31. The first-order valence-electron chi connectivity index (χ1n) is 7.31. The predicted octanol–water partition coefficient (Wildman–Crippen LogP) is 1.76. The van der Waals surface area contributed by atoms with Gasteiger partial charge in [-0.25, -0.2) is 0 Å². The van der Waals surface area contributed by atoms with Crippen molar-refractivity contribution >= 4 is 0 Å². The zero-order valence-corrected chi connectivity index (χ0v) is 11.9. The SMILES string of the molecule is Cc1ccc(OCCN2CCCCC2)c(CCN)n1. The van der Waals surface area contributed by atoms with Crippen LogP contribution in [0.4, 0.5) is 0 Å². The van der Waals surface area contributed by atoms with Crippen LogP contribution in [0.1, 0.15) is 30.7 Å². The van der Waals surface area contributed by atoms with E-state index in [0.29, 0.717) is 6.54 Å². The second kappa shape index (κ2) is 7.46. The first kappa shape index (κ1) is 14.3. The molecule has 0 bridgehead atoms. The van der Waals surface area contributed by atoms with E-state index in [4.69, 9.17) is 10.5 Å². The normalized spacial score (nSPS) is 16.5. The van der Waals surface area contributed by atoms with Gasteiger partial charge in [-0.2, -0.15) is 0 Å². The average Bonchev–Trinajstić information content (AvgIpc) is 2.43. The Bertz CT molecular complexity index is 389. The standard InChI is InChI=1S/C15H25N3O/c1-13-5-6-15(14(17-13)7-8-16)19-12-11-18-9-3-2-4-10-18/h5-6H,2-4,7-12,16H2,1H3. The zero-order chi connectivity index (χ0) is 13.5. The lowest BCUT2D eigenvalue weighted by Gasteiger charge is -2.26. The third-order valence-electron chi connectivity index (χ3n) is 3.57. The van der Waals surface area contributed by atoms with Gasteiger partial charge in [0.15, 0.2) is 0 Å². The number of nitrogens with two attached hydrogens (primary N) is 1. The molecule has 1 fully saturated rings. The van der Waals surface area contributed by atoms with Crippen molar-refractivity contribution in [3.05, 3.63) is 23.5 Å². The number of hydrogen-bond acceptors (Lipinski definition) is 4. The molecule has 1 aliphatic heterocycles. The molecule has 0 atom stereocenters. The van der Waals surface area contributed by atoms with Crippen LogP contribution in [-0.4, -0.2) is 42.7 Å². The Kier molecular flexibility index (Phi) is 5.61. The molecule has 106 valence electrons. The Labute approximate surface area is 116 Å². The van der Waals surface area contributed by atoms with Gasteiger partial charge in [0.25, 0.3) is 0 Å². The fourth-order valence-electron chi connectivity index (χ4n) is 2.51. The Balaban J connectivity index is 1.84. The Morgan fingerprint density at radius 1 is 1.26 bits per heavy atom. The molecule has 0 amide bonds. The van der Waals surface area contributed by atoms with Crippen LogP contribution in [0.3, 0.4) is 0 Å². The number of rotatable bonds is 6. The number of nitrogens with zero attached hydrogens (tertiary/aromatic N) is 2. The van der Waals surface area contributed by atoms with Crippen LogP contribution in [-0.2, 0) is 6.42 Å². The predicted molar refractivity (Wildman–Crippen MR) is 77.5 cm³/mol. The van der Waals surface area contributed by atoms with E-state index >= 15 is 0 Å². The van der Waals surface area contributed by atoms with Crippen LogP contribution < -0.4 is 10.5 Å². The summed E-state index contributed by atoms with van der Waals surface area (Å²) < 4.78 is 5.89. The topological polar surface area (TPSA) is 51.4 Å². The van der Waals surface area contributed by atoms with Gasteiger partial charge >= 0.3 is 0 Å². The fourth-order valence-corrected chi connectivity index (χ4v) is 2.51. The number of pyridine rings is 1. The molecule has 0 aliphatic carbocycles. The maximum absolute atomic E-state index is 5.89. The molecule has 2 rings (SSSR count). The van der Waals surface area contributed by atoms with Crippen molar-refractivity contribution in [2.45, 2.75) is 32.6 Å². The highest BCUT2D eigenvalue weighted by Crippen LogP contribution is 2.17. The van der Waals surface area contributed by atoms with E-state index in [-0.39, 0.29) is 0 Å². The van der Waals surface area contributed by atoms with Gasteiger partial charge in [-0.1, -0.05) is 6.42 Å². The molecule has 0 saturated carbocycles. The van der Waals surface area contributed by atoms with Gasteiger partial charge in [-0.05, 0) is 51.5 Å². The second-order valence-corrected chi connectivity index (χ2v) is 5.19. The maximum Gasteiger partial charge on any atom is 0.140 e. The molecule has 1 aromatic rings. The summed E-state index contributed by atoms with van der Waals surface area (Å²) >= 11 is 0. The summed E-state index contributed by atoms with van der Waals surface area (Å²) in [7, 11) is 0. The number of aryl methyl sites for hydroxylation is 1. The van der Waals surface area contributed by atoms with Gasteiger partial charge in [-0.3, -0.25) is 9.88 Å². The lowest BCUT2D eigenvalue weighted by Crippen LogP contribution is -2.33. The van der Waals surface area contributed by atoms with Gasteiger partial charge in [0, 0.05) is 18.7 Å². The fraction of sp³-hybridized carbons (Fsp3) is 0.667. The second-order valence-electron chi connectivity index (χ2n) is 5.19. The molecule has 1 aliphatic rings. The van der Waals surface area contributed by atoms with E-state index in [1.165, 1.54) is 32.4 Å². The minimum absolute atomic E-state index is 0.610. The molecule has 19 heavy (non-hydrogen) atoms. The van der Waals surface area contributed by atoms with Crippen LogP contribution in [0.5, 0.6) is 5.75 Å². The number of hydrogen-bond donors (Lipinski definition) is 1. The smallest absolute Gasteiger partial charge is 0.140 e. The minimum Gasteiger partial charge on any atom is -0.490 e. The van der Waals surface area contributed by atoms with Crippen molar-refractivity contribution in [3.8, 4) is 5.75 Å². The van der Waals surface area contributed by atoms with E-state index < -0.39 is 0 Å². The summed E-state index contributed by atoms with van der Waals surface area (Å²) in [5.74, 6) is 0.896. The van der Waals surface area contributed by atoms with Crippen LogP contribution in [0.15, 0.2) is 12.1 Å². The van der Waals surface area contributed by atoms with Crippen molar-refractivity contribution in [3.63, 3.8) is 0 Å². The lowest BCUT2D eigenvalue weighted by molar-refractivity contribution is 0.182. The van der Waals surface area contributed by atoms with Gasteiger partial charge < -0.3 is 10.5 Å². The molecule has 0 aromatic carbocycles. The van der Waals surface area contributed by atoms with Crippen LogP contribution in [0, 0.1) is 6.92 Å². The summed E-state index contributed by atoms with van der Waals surface area (Å²) in [6, 6.07) is 4.01. The molecular weight excluding hydrogens is 238 g/mol. The van der Waals surface area contributed by atoms with Crippen molar-refractivity contribution in [2.75, 3.05) is 32.8 Å². The van der Waals surface area contributed by atoms with Crippen LogP contribution in [0.25, 0.3) is 0 Å². The molecule has 1 aromatic heterocycles. The average molecular weight is 263 g/mol. The third-order valence-corrected chi connectivity index (χ3v) is 3.57.